The van der Waals surface area contributed by atoms with Crippen LogP contribution in [0, 0.1) is 0 Å². The summed E-state index contributed by atoms with van der Waals surface area (Å²) >= 11 is 1.34. The predicted octanol–water partition coefficient (Wildman–Crippen LogP) is 5.36. The summed E-state index contributed by atoms with van der Waals surface area (Å²) in [5.74, 6) is 2.40. The third-order valence-electron chi connectivity index (χ3n) is 4.98. The van der Waals surface area contributed by atoms with Crippen molar-refractivity contribution in [2.24, 2.45) is 0 Å². The normalized spacial score (nSPS) is 15.1. The molecule has 0 radical (unpaired) electrons. The first-order chi connectivity index (χ1) is 14.3. The van der Waals surface area contributed by atoms with Crippen molar-refractivity contribution >= 4 is 11.5 Å². The summed E-state index contributed by atoms with van der Waals surface area (Å²) in [6.45, 7) is 0. The number of nitrogens with zero attached hydrogens (tertiary/aromatic N) is 1. The molecule has 1 atom stereocenters. The van der Waals surface area contributed by atoms with Crippen LogP contribution in [0.3, 0.4) is 0 Å². The van der Waals surface area contributed by atoms with Crippen molar-refractivity contribution in [1.29, 1.82) is 0 Å². The quantitative estimate of drug-likeness (QED) is 0.488. The Kier molecular flexibility index (Phi) is 4.62. The lowest BCUT2D eigenvalue weighted by Gasteiger charge is -2.16. The molecule has 4 aromatic rings. The molecule has 5 rings (SSSR count). The van der Waals surface area contributed by atoms with Crippen molar-refractivity contribution < 1.29 is 9.47 Å². The molecule has 144 valence electrons. The third-order valence-corrected chi connectivity index (χ3v) is 5.85. The second-order valence-electron chi connectivity index (χ2n) is 6.86. The molecule has 0 aliphatic heterocycles. The highest BCUT2D eigenvalue weighted by atomic mass is 32.1. The van der Waals surface area contributed by atoms with Crippen molar-refractivity contribution in [3.05, 3.63) is 94.5 Å². The van der Waals surface area contributed by atoms with Crippen molar-refractivity contribution in [3.63, 3.8) is 0 Å². The van der Waals surface area contributed by atoms with E-state index in [9.17, 15) is 4.79 Å². The molecule has 2 aromatic heterocycles. The molecule has 0 bridgehead atoms. The third kappa shape index (κ3) is 3.67. The largest absolute Gasteiger partial charge is 0.486 e. The Bertz CT molecular complexity index is 1180. The zero-order chi connectivity index (χ0) is 19.6. The number of fused-ring (bicyclic) bond motifs is 1. The molecular formula is C23H18N2O3S. The molecule has 29 heavy (non-hydrogen) atoms. The van der Waals surface area contributed by atoms with Crippen molar-refractivity contribution in [2.45, 2.75) is 18.9 Å². The van der Waals surface area contributed by atoms with E-state index in [1.807, 2.05) is 48.5 Å². The van der Waals surface area contributed by atoms with E-state index in [0.717, 1.165) is 40.5 Å². The van der Waals surface area contributed by atoms with Crippen LogP contribution >= 0.6 is 11.5 Å². The molecule has 1 aliphatic rings. The molecule has 0 fully saturated rings. The van der Waals surface area contributed by atoms with Gasteiger partial charge in [0.1, 0.15) is 23.4 Å². The van der Waals surface area contributed by atoms with Gasteiger partial charge < -0.3 is 9.47 Å². The molecule has 0 saturated heterocycles. The molecule has 2 aromatic carbocycles. The molecular weight excluding hydrogens is 384 g/mol. The highest BCUT2D eigenvalue weighted by Gasteiger charge is 2.27. The Morgan fingerprint density at radius 3 is 2.69 bits per heavy atom. The summed E-state index contributed by atoms with van der Waals surface area (Å²) in [5.41, 5.74) is 3.28. The topological polar surface area (TPSA) is 64.2 Å². The smallest absolute Gasteiger partial charge is 0.258 e. The lowest BCUT2D eigenvalue weighted by molar-refractivity contribution is 0.207. The molecule has 5 nitrogen and oxygen atoms in total. The maximum atomic E-state index is 11.3. The number of ether oxygens (including phenoxy) is 2. The van der Waals surface area contributed by atoms with Crippen LogP contribution in [0.5, 0.6) is 17.2 Å². The number of benzene rings is 2. The van der Waals surface area contributed by atoms with Crippen LogP contribution in [-0.2, 0) is 6.42 Å². The summed E-state index contributed by atoms with van der Waals surface area (Å²) in [5, 5.41) is 0. The number of aromatic nitrogens is 2. The van der Waals surface area contributed by atoms with E-state index < -0.39 is 0 Å². The van der Waals surface area contributed by atoms with Crippen LogP contribution in [-0.4, -0.2) is 9.36 Å². The number of rotatable bonds is 5. The standard InChI is InChI=1S/C23H18N2O3S/c26-23-13-22(29-25-23)15-6-8-16(9-7-15)27-21-11-10-19-18(21)4-1-5-20(19)28-17-3-2-12-24-14-17/h1-9,12-14,21H,10-11H2,(H,25,26)/t21-/m1/s1. The SMILES string of the molecule is O=c1cc(-c2ccc(O[C@@H]3CCc4c(Oc5cccnc5)cccc43)cc2)s[nH]1. The first-order valence-corrected chi connectivity index (χ1v) is 10.2. The Morgan fingerprint density at radius 1 is 1.03 bits per heavy atom. The average molecular weight is 402 g/mol. The van der Waals surface area contributed by atoms with Gasteiger partial charge in [0, 0.05) is 17.8 Å². The van der Waals surface area contributed by atoms with E-state index in [1.165, 1.54) is 22.7 Å². The number of pyridine rings is 1. The molecule has 1 aliphatic carbocycles. The summed E-state index contributed by atoms with van der Waals surface area (Å²) in [6.07, 6.45) is 5.26. The Morgan fingerprint density at radius 2 is 1.93 bits per heavy atom. The molecule has 6 heteroatoms. The molecule has 2 heterocycles. The second kappa shape index (κ2) is 7.56. The highest BCUT2D eigenvalue weighted by molar-refractivity contribution is 7.09. The fourth-order valence-electron chi connectivity index (χ4n) is 3.62. The van der Waals surface area contributed by atoms with Gasteiger partial charge in [0.2, 0.25) is 0 Å². The number of hydrogen-bond donors (Lipinski definition) is 1. The summed E-state index contributed by atoms with van der Waals surface area (Å²) in [7, 11) is 0. The van der Waals surface area contributed by atoms with Gasteiger partial charge in [-0.05, 0) is 66.4 Å². The predicted molar refractivity (Wildman–Crippen MR) is 113 cm³/mol. The Labute approximate surface area is 171 Å². The number of hydrogen-bond acceptors (Lipinski definition) is 5. The average Bonchev–Trinajstić information content (AvgIpc) is 3.37. The molecule has 0 saturated carbocycles. The van der Waals surface area contributed by atoms with Gasteiger partial charge in [-0.25, -0.2) is 0 Å². The van der Waals surface area contributed by atoms with Gasteiger partial charge in [0.05, 0.1) is 11.1 Å². The summed E-state index contributed by atoms with van der Waals surface area (Å²) in [6, 6.07) is 19.3. The molecule has 1 N–H and O–H groups in total. The monoisotopic (exact) mass is 402 g/mol. The van der Waals surface area contributed by atoms with Crippen LogP contribution in [0.2, 0.25) is 0 Å². The summed E-state index contributed by atoms with van der Waals surface area (Å²) in [4.78, 5) is 16.4. The van der Waals surface area contributed by atoms with E-state index in [1.54, 1.807) is 18.5 Å². The minimum atomic E-state index is -0.0720. The van der Waals surface area contributed by atoms with E-state index in [0.29, 0.717) is 0 Å². The van der Waals surface area contributed by atoms with Gasteiger partial charge in [0.15, 0.2) is 0 Å². The summed E-state index contributed by atoms with van der Waals surface area (Å²) < 4.78 is 15.0. The molecule has 0 unspecified atom stereocenters. The van der Waals surface area contributed by atoms with Crippen molar-refractivity contribution in [1.82, 2.24) is 9.36 Å². The van der Waals surface area contributed by atoms with Gasteiger partial charge >= 0.3 is 0 Å². The van der Waals surface area contributed by atoms with Gasteiger partial charge in [-0.15, -0.1) is 0 Å². The number of H-pyrrole nitrogens is 1. The number of aromatic amines is 1. The maximum absolute atomic E-state index is 11.3. The highest BCUT2D eigenvalue weighted by Crippen LogP contribution is 2.41. The van der Waals surface area contributed by atoms with Gasteiger partial charge in [-0.2, -0.15) is 0 Å². The molecule has 0 spiro atoms. The van der Waals surface area contributed by atoms with E-state index in [-0.39, 0.29) is 11.7 Å². The van der Waals surface area contributed by atoms with Gasteiger partial charge in [-0.3, -0.25) is 14.2 Å². The van der Waals surface area contributed by atoms with Crippen LogP contribution in [0.4, 0.5) is 0 Å². The number of nitrogens with one attached hydrogen (secondary N) is 1. The van der Waals surface area contributed by atoms with Crippen LogP contribution in [0.15, 0.2) is 77.9 Å². The van der Waals surface area contributed by atoms with Crippen LogP contribution < -0.4 is 15.0 Å². The first-order valence-electron chi connectivity index (χ1n) is 9.41. The van der Waals surface area contributed by atoms with Crippen LogP contribution in [0.1, 0.15) is 23.7 Å². The fourth-order valence-corrected chi connectivity index (χ4v) is 4.31. The van der Waals surface area contributed by atoms with Crippen molar-refractivity contribution in [3.8, 4) is 27.7 Å². The second-order valence-corrected chi connectivity index (χ2v) is 7.71. The Hall–Kier alpha value is -3.38. The minimum Gasteiger partial charge on any atom is -0.486 e. The fraction of sp³-hybridized carbons (Fsp3) is 0.130. The van der Waals surface area contributed by atoms with E-state index >= 15 is 0 Å². The van der Waals surface area contributed by atoms with Crippen LogP contribution in [0.25, 0.3) is 10.4 Å². The lowest BCUT2D eigenvalue weighted by atomic mass is 10.1. The minimum absolute atomic E-state index is 0.00314. The lowest BCUT2D eigenvalue weighted by Crippen LogP contribution is -2.03. The van der Waals surface area contributed by atoms with Crippen molar-refractivity contribution in [2.75, 3.05) is 0 Å². The van der Waals surface area contributed by atoms with Gasteiger partial charge in [-0.1, -0.05) is 23.7 Å². The van der Waals surface area contributed by atoms with E-state index in [2.05, 4.69) is 15.4 Å². The zero-order valence-electron chi connectivity index (χ0n) is 15.5. The first kappa shape index (κ1) is 17.7. The van der Waals surface area contributed by atoms with E-state index in [4.69, 9.17) is 9.47 Å². The Balaban J connectivity index is 1.34. The molecule has 0 amide bonds. The maximum Gasteiger partial charge on any atom is 0.258 e. The van der Waals surface area contributed by atoms with Gasteiger partial charge in [0.25, 0.3) is 5.56 Å². The zero-order valence-corrected chi connectivity index (χ0v) is 16.3.